The summed E-state index contributed by atoms with van der Waals surface area (Å²) >= 11 is 6.31. The van der Waals surface area contributed by atoms with E-state index in [0.717, 1.165) is 17.8 Å². The van der Waals surface area contributed by atoms with Crippen LogP contribution < -0.4 is 4.42 Å². The summed E-state index contributed by atoms with van der Waals surface area (Å²) in [5.41, 5.74) is 4.76. The molecule has 74 valence electrons. The van der Waals surface area contributed by atoms with Crippen LogP contribution in [0.2, 0.25) is 0 Å². The van der Waals surface area contributed by atoms with E-state index in [4.69, 9.17) is 11.8 Å². The molecule has 0 unspecified atom stereocenters. The highest BCUT2D eigenvalue weighted by atomic mass is 35.5. The van der Waals surface area contributed by atoms with Crippen molar-refractivity contribution in [1.29, 1.82) is 0 Å². The molecule has 0 saturated carbocycles. The lowest BCUT2D eigenvalue weighted by molar-refractivity contribution is 1.12. The molecule has 0 bridgehead atoms. The third kappa shape index (κ3) is 1.31. The van der Waals surface area contributed by atoms with Gasteiger partial charge in [0.1, 0.15) is 0 Å². The van der Waals surface area contributed by atoms with Gasteiger partial charge in [0.05, 0.1) is 11.4 Å². The lowest BCUT2D eigenvalue weighted by Crippen LogP contribution is -2.12. The SMILES string of the molecule is ClN1c2ccccc2Cc2ccccc21. The molecule has 1 aliphatic rings. The molecule has 1 nitrogen and oxygen atoms in total. The van der Waals surface area contributed by atoms with Crippen LogP contribution >= 0.6 is 11.8 Å². The summed E-state index contributed by atoms with van der Waals surface area (Å²) < 4.78 is 1.74. The molecule has 2 heteroatoms. The highest BCUT2D eigenvalue weighted by molar-refractivity contribution is 6.30. The molecule has 2 aromatic carbocycles. The topological polar surface area (TPSA) is 3.24 Å². The van der Waals surface area contributed by atoms with Crippen LogP contribution in [0.5, 0.6) is 0 Å². The van der Waals surface area contributed by atoms with Crippen molar-refractivity contribution in [1.82, 2.24) is 0 Å². The summed E-state index contributed by atoms with van der Waals surface area (Å²) in [6.07, 6.45) is 0.968. The van der Waals surface area contributed by atoms with Gasteiger partial charge in [0, 0.05) is 18.2 Å². The van der Waals surface area contributed by atoms with Gasteiger partial charge in [-0.2, -0.15) is 0 Å². The second kappa shape index (κ2) is 3.28. The summed E-state index contributed by atoms with van der Waals surface area (Å²) in [6.45, 7) is 0. The summed E-state index contributed by atoms with van der Waals surface area (Å²) in [4.78, 5) is 0. The average molecular weight is 216 g/mol. The van der Waals surface area contributed by atoms with Gasteiger partial charge < -0.3 is 0 Å². The van der Waals surface area contributed by atoms with Crippen molar-refractivity contribution < 1.29 is 0 Å². The van der Waals surface area contributed by atoms with E-state index in [-0.39, 0.29) is 0 Å². The van der Waals surface area contributed by atoms with Crippen LogP contribution in [0, 0.1) is 0 Å². The van der Waals surface area contributed by atoms with Crippen LogP contribution in [0.25, 0.3) is 0 Å². The first kappa shape index (κ1) is 8.81. The Morgan fingerprint density at radius 3 is 1.80 bits per heavy atom. The van der Waals surface area contributed by atoms with Gasteiger partial charge in [0.2, 0.25) is 0 Å². The van der Waals surface area contributed by atoms with Gasteiger partial charge in [-0.25, -0.2) is 0 Å². The molecular formula is C13H10ClN. The van der Waals surface area contributed by atoms with Gasteiger partial charge >= 0.3 is 0 Å². The van der Waals surface area contributed by atoms with Crippen molar-refractivity contribution >= 4 is 23.2 Å². The Bertz CT molecular complexity index is 462. The molecule has 0 amide bonds. The molecular weight excluding hydrogens is 206 g/mol. The number of rotatable bonds is 0. The zero-order valence-corrected chi connectivity index (χ0v) is 8.91. The smallest absolute Gasteiger partial charge is 0.0616 e. The van der Waals surface area contributed by atoms with E-state index in [9.17, 15) is 0 Å². The maximum absolute atomic E-state index is 6.31. The normalized spacial score (nSPS) is 13.3. The molecule has 0 aliphatic carbocycles. The van der Waals surface area contributed by atoms with Crippen LogP contribution in [0.1, 0.15) is 11.1 Å². The van der Waals surface area contributed by atoms with E-state index in [1.807, 2.05) is 12.1 Å². The summed E-state index contributed by atoms with van der Waals surface area (Å²) in [5, 5.41) is 0. The summed E-state index contributed by atoms with van der Waals surface area (Å²) in [5.74, 6) is 0. The van der Waals surface area contributed by atoms with Crippen molar-refractivity contribution in [2.45, 2.75) is 6.42 Å². The number of halogens is 1. The standard InChI is InChI=1S/C13H10ClN/c14-15-12-7-3-1-5-10(12)9-11-6-2-4-8-13(11)15/h1-8H,9H2. The monoisotopic (exact) mass is 215 g/mol. The van der Waals surface area contributed by atoms with E-state index in [1.165, 1.54) is 11.1 Å². The quantitative estimate of drug-likeness (QED) is 0.603. The van der Waals surface area contributed by atoms with Gasteiger partial charge in [-0.15, -0.1) is 0 Å². The van der Waals surface area contributed by atoms with Crippen molar-refractivity contribution in [2.24, 2.45) is 0 Å². The third-order valence-corrected chi connectivity index (χ3v) is 3.15. The van der Waals surface area contributed by atoms with Crippen LogP contribution in [0.15, 0.2) is 48.5 Å². The fourth-order valence-corrected chi connectivity index (χ4v) is 2.37. The third-order valence-electron chi connectivity index (χ3n) is 2.79. The molecule has 3 rings (SSSR count). The lowest BCUT2D eigenvalue weighted by Gasteiger charge is -2.27. The van der Waals surface area contributed by atoms with E-state index < -0.39 is 0 Å². The maximum Gasteiger partial charge on any atom is 0.0616 e. The minimum absolute atomic E-state index is 0.968. The Morgan fingerprint density at radius 1 is 0.800 bits per heavy atom. The Kier molecular flexibility index (Phi) is 1.93. The number of fused-ring (bicyclic) bond motifs is 2. The van der Waals surface area contributed by atoms with Crippen molar-refractivity contribution in [2.75, 3.05) is 4.42 Å². The predicted molar refractivity (Wildman–Crippen MR) is 63.7 cm³/mol. The maximum atomic E-state index is 6.31. The van der Waals surface area contributed by atoms with E-state index >= 15 is 0 Å². The van der Waals surface area contributed by atoms with Gasteiger partial charge in [-0.1, -0.05) is 36.4 Å². The fourth-order valence-electron chi connectivity index (χ4n) is 2.04. The predicted octanol–water partition coefficient (Wildman–Crippen LogP) is 3.88. The number of benzene rings is 2. The van der Waals surface area contributed by atoms with E-state index in [2.05, 4.69) is 36.4 Å². The van der Waals surface area contributed by atoms with Gasteiger partial charge in [0.15, 0.2) is 0 Å². The van der Waals surface area contributed by atoms with Gasteiger partial charge in [0.25, 0.3) is 0 Å². The van der Waals surface area contributed by atoms with E-state index in [0.29, 0.717) is 0 Å². The average Bonchev–Trinajstić information content (AvgIpc) is 2.30. The summed E-state index contributed by atoms with van der Waals surface area (Å²) in [6, 6.07) is 16.5. The number of hydrogen-bond donors (Lipinski definition) is 0. The molecule has 0 atom stereocenters. The number of anilines is 2. The zero-order valence-electron chi connectivity index (χ0n) is 8.15. The second-order valence-corrected chi connectivity index (χ2v) is 4.05. The van der Waals surface area contributed by atoms with Crippen LogP contribution in [-0.4, -0.2) is 0 Å². The number of nitrogens with zero attached hydrogens (tertiary/aromatic N) is 1. The number of hydrogen-bond acceptors (Lipinski definition) is 1. The molecule has 1 aliphatic heterocycles. The first-order valence-corrected chi connectivity index (χ1v) is 5.32. The van der Waals surface area contributed by atoms with E-state index in [1.54, 1.807) is 4.42 Å². The highest BCUT2D eigenvalue weighted by Gasteiger charge is 2.19. The molecule has 15 heavy (non-hydrogen) atoms. The van der Waals surface area contributed by atoms with Crippen molar-refractivity contribution in [3.05, 3.63) is 59.7 Å². The summed E-state index contributed by atoms with van der Waals surface area (Å²) in [7, 11) is 0. The second-order valence-electron chi connectivity index (χ2n) is 3.72. The highest BCUT2D eigenvalue weighted by Crippen LogP contribution is 2.39. The van der Waals surface area contributed by atoms with Crippen molar-refractivity contribution in [3.63, 3.8) is 0 Å². The molecule has 0 saturated heterocycles. The first-order valence-electron chi connectivity index (χ1n) is 4.98. The Labute approximate surface area is 94.0 Å². The molecule has 0 fully saturated rings. The van der Waals surface area contributed by atoms with Gasteiger partial charge in [-0.3, -0.25) is 4.42 Å². The minimum atomic E-state index is 0.968. The van der Waals surface area contributed by atoms with Crippen LogP contribution in [0.4, 0.5) is 11.4 Å². The fraction of sp³-hybridized carbons (Fsp3) is 0.0769. The molecule has 2 aromatic rings. The lowest BCUT2D eigenvalue weighted by atomic mass is 9.97. The Balaban J connectivity index is 2.20. The molecule has 0 aromatic heterocycles. The minimum Gasteiger partial charge on any atom is -0.253 e. The zero-order chi connectivity index (χ0) is 10.3. The van der Waals surface area contributed by atoms with Crippen LogP contribution in [0.3, 0.4) is 0 Å². The number of para-hydroxylation sites is 2. The van der Waals surface area contributed by atoms with Crippen molar-refractivity contribution in [3.8, 4) is 0 Å². The molecule has 0 spiro atoms. The molecule has 1 heterocycles. The first-order chi connectivity index (χ1) is 7.36. The van der Waals surface area contributed by atoms with Crippen LogP contribution in [-0.2, 0) is 6.42 Å². The molecule has 0 radical (unpaired) electrons. The largest absolute Gasteiger partial charge is 0.253 e. The Hall–Kier alpha value is -1.47. The molecule has 0 N–H and O–H groups in total. The Morgan fingerprint density at radius 2 is 1.27 bits per heavy atom. The van der Waals surface area contributed by atoms with Gasteiger partial charge in [-0.05, 0) is 23.3 Å².